The number of benzene rings is 2. The summed E-state index contributed by atoms with van der Waals surface area (Å²) in [6.07, 6.45) is 0.521. The molecule has 26 heavy (non-hydrogen) atoms. The number of nitrogens with zero attached hydrogens (tertiary/aromatic N) is 1. The van der Waals surface area contributed by atoms with Gasteiger partial charge in [0.1, 0.15) is 5.75 Å². The molecule has 0 saturated carbocycles. The lowest BCUT2D eigenvalue weighted by Gasteiger charge is -2.11. The number of ether oxygens (including phenoxy) is 1. The maximum Gasteiger partial charge on any atom is 0.422 e. The van der Waals surface area contributed by atoms with Gasteiger partial charge in [0.05, 0.1) is 17.5 Å². The lowest BCUT2D eigenvalue weighted by Crippen LogP contribution is -2.26. The fourth-order valence-electron chi connectivity index (χ4n) is 2.67. The average Bonchev–Trinajstić information content (AvgIpc) is 2.53. The molecular weight excluding hydrogens is 445 g/mol. The monoisotopic (exact) mass is 457 g/mol. The highest BCUT2D eigenvalue weighted by Crippen LogP contribution is 2.25. The molecule has 1 heterocycles. The second-order valence-corrected chi connectivity index (χ2v) is 7.48. The number of aryl methyl sites for hydroxylation is 2. The van der Waals surface area contributed by atoms with Gasteiger partial charge in [0.15, 0.2) is 0 Å². The molecule has 0 amide bonds. The maximum atomic E-state index is 12.1. The average molecular weight is 459 g/mol. The Balaban J connectivity index is 1.81. The zero-order chi connectivity index (χ0) is 18.8. The molecular formula is C18H14BrCl2NO4. The fraction of sp³-hybridized carbons (Fsp3) is 0.222. The quantitative estimate of drug-likeness (QED) is 0.515. The lowest BCUT2D eigenvalue weighted by molar-refractivity contribution is 0.296. The molecule has 0 atom stereocenters. The van der Waals surface area contributed by atoms with Gasteiger partial charge >= 0.3 is 11.4 Å². The van der Waals surface area contributed by atoms with Crippen molar-refractivity contribution in [3.05, 3.63) is 71.4 Å². The Morgan fingerprint density at radius 1 is 1.12 bits per heavy atom. The minimum atomic E-state index is -0.696. The first-order chi connectivity index (χ1) is 12.3. The van der Waals surface area contributed by atoms with E-state index in [1.54, 1.807) is 24.3 Å². The van der Waals surface area contributed by atoms with Gasteiger partial charge in [-0.2, -0.15) is 0 Å². The lowest BCUT2D eigenvalue weighted by atomic mass is 10.2. The Labute approximate surface area is 167 Å². The van der Waals surface area contributed by atoms with Gasteiger partial charge in [0.25, 0.3) is 0 Å². The molecule has 3 rings (SSSR count). The highest BCUT2D eigenvalue weighted by molar-refractivity contribution is 9.10. The zero-order valence-electron chi connectivity index (χ0n) is 13.7. The summed E-state index contributed by atoms with van der Waals surface area (Å²) in [5, 5.41) is 1.33. The second-order valence-electron chi connectivity index (χ2n) is 5.76. The normalized spacial score (nSPS) is 11.1. The van der Waals surface area contributed by atoms with Gasteiger partial charge in [0, 0.05) is 21.1 Å². The van der Waals surface area contributed by atoms with E-state index < -0.39 is 11.4 Å². The van der Waals surface area contributed by atoms with E-state index in [0.717, 1.165) is 5.56 Å². The van der Waals surface area contributed by atoms with E-state index >= 15 is 0 Å². The Morgan fingerprint density at radius 3 is 2.50 bits per heavy atom. The summed E-state index contributed by atoms with van der Waals surface area (Å²) >= 11 is 15.3. The van der Waals surface area contributed by atoms with Crippen molar-refractivity contribution in [1.29, 1.82) is 0 Å². The minimum absolute atomic E-state index is 0.328. The third-order valence-corrected chi connectivity index (χ3v) is 4.77. The molecule has 0 aliphatic carbocycles. The summed E-state index contributed by atoms with van der Waals surface area (Å²) in [7, 11) is 0. The van der Waals surface area contributed by atoms with Crippen LogP contribution in [0.4, 0.5) is 0 Å². The van der Waals surface area contributed by atoms with E-state index in [9.17, 15) is 9.59 Å². The van der Waals surface area contributed by atoms with Crippen molar-refractivity contribution in [2.24, 2.45) is 0 Å². The van der Waals surface area contributed by atoms with E-state index in [0.29, 0.717) is 50.7 Å². The van der Waals surface area contributed by atoms with Crippen molar-refractivity contribution >= 4 is 50.0 Å². The van der Waals surface area contributed by atoms with Crippen LogP contribution in [0.5, 0.6) is 5.75 Å². The molecule has 0 spiro atoms. The van der Waals surface area contributed by atoms with Crippen LogP contribution in [0.15, 0.2) is 48.8 Å². The number of aromatic nitrogens is 1. The molecule has 5 nitrogen and oxygen atoms in total. The largest absolute Gasteiger partial charge is 0.493 e. The molecule has 0 fully saturated rings. The van der Waals surface area contributed by atoms with E-state index in [4.69, 9.17) is 32.4 Å². The predicted molar refractivity (Wildman–Crippen MR) is 106 cm³/mol. The smallest absolute Gasteiger partial charge is 0.422 e. The van der Waals surface area contributed by atoms with E-state index in [2.05, 4.69) is 15.9 Å². The standard InChI is InChI=1S/C18H14BrCl2NO4/c1-10-5-14-16(15(19)6-10)22(18(24)26-17(14)23)3-2-4-25-13-8-11(20)7-12(21)9-13/h5-9H,2-4H2,1H3. The van der Waals surface area contributed by atoms with Gasteiger partial charge in [-0.25, -0.2) is 9.59 Å². The molecule has 0 N–H and O–H groups in total. The van der Waals surface area contributed by atoms with E-state index in [-0.39, 0.29) is 0 Å². The van der Waals surface area contributed by atoms with Crippen LogP contribution in [-0.4, -0.2) is 11.2 Å². The van der Waals surface area contributed by atoms with Crippen LogP contribution in [0.1, 0.15) is 12.0 Å². The van der Waals surface area contributed by atoms with Crippen LogP contribution in [0, 0.1) is 6.92 Å². The van der Waals surface area contributed by atoms with E-state index in [1.165, 1.54) is 4.57 Å². The second kappa shape index (κ2) is 7.86. The molecule has 0 bridgehead atoms. The number of hydrogen-bond acceptors (Lipinski definition) is 4. The van der Waals surface area contributed by atoms with Crippen molar-refractivity contribution in [3.8, 4) is 5.75 Å². The van der Waals surface area contributed by atoms with Gasteiger partial charge < -0.3 is 9.15 Å². The topological polar surface area (TPSA) is 61.4 Å². The Bertz CT molecular complexity index is 1070. The SMILES string of the molecule is Cc1cc(Br)c2c(c1)c(=O)oc(=O)n2CCCOc1cc(Cl)cc(Cl)c1. The first kappa shape index (κ1) is 19.0. The van der Waals surface area contributed by atoms with Crippen LogP contribution in [0.25, 0.3) is 10.9 Å². The van der Waals surface area contributed by atoms with Crippen LogP contribution in [0.2, 0.25) is 10.0 Å². The molecule has 1 aromatic heterocycles. The van der Waals surface area contributed by atoms with Crippen molar-refractivity contribution in [1.82, 2.24) is 4.57 Å². The van der Waals surface area contributed by atoms with Crippen molar-refractivity contribution in [2.45, 2.75) is 19.9 Å². The van der Waals surface area contributed by atoms with Crippen LogP contribution < -0.4 is 16.1 Å². The summed E-state index contributed by atoms with van der Waals surface area (Å²) in [5.41, 5.74) is 0.765. The third kappa shape index (κ3) is 4.14. The molecule has 0 unspecified atom stereocenters. The summed E-state index contributed by atoms with van der Waals surface area (Å²) in [4.78, 5) is 24.1. The molecule has 136 valence electrons. The minimum Gasteiger partial charge on any atom is -0.493 e. The van der Waals surface area contributed by atoms with Crippen molar-refractivity contribution < 1.29 is 9.15 Å². The number of rotatable bonds is 5. The highest BCUT2D eigenvalue weighted by atomic mass is 79.9. The van der Waals surface area contributed by atoms with Gasteiger partial charge in [-0.1, -0.05) is 23.2 Å². The zero-order valence-corrected chi connectivity index (χ0v) is 16.8. The van der Waals surface area contributed by atoms with Gasteiger partial charge in [0.2, 0.25) is 0 Å². The number of fused-ring (bicyclic) bond motifs is 1. The summed E-state index contributed by atoms with van der Waals surface area (Å²) in [5.74, 6) is -0.144. The van der Waals surface area contributed by atoms with E-state index in [1.807, 2.05) is 13.0 Å². The van der Waals surface area contributed by atoms with Crippen molar-refractivity contribution in [3.63, 3.8) is 0 Å². The predicted octanol–water partition coefficient (Wildman–Crippen LogP) is 4.80. The molecule has 2 aromatic carbocycles. The van der Waals surface area contributed by atoms with Crippen LogP contribution in [-0.2, 0) is 6.54 Å². The Hall–Kier alpha value is -1.76. The van der Waals surface area contributed by atoms with Gasteiger partial charge in [-0.15, -0.1) is 0 Å². The first-order valence-electron chi connectivity index (χ1n) is 7.78. The molecule has 0 aliphatic rings. The highest BCUT2D eigenvalue weighted by Gasteiger charge is 2.13. The number of halogens is 3. The molecule has 3 aromatic rings. The first-order valence-corrected chi connectivity index (χ1v) is 9.33. The molecule has 0 saturated heterocycles. The molecule has 0 aliphatic heterocycles. The molecule has 0 radical (unpaired) electrons. The summed E-state index contributed by atoms with van der Waals surface area (Å²) in [6.45, 7) is 2.53. The summed E-state index contributed by atoms with van der Waals surface area (Å²) < 4.78 is 12.6. The van der Waals surface area contributed by atoms with Gasteiger partial charge in [-0.3, -0.25) is 4.57 Å². The Morgan fingerprint density at radius 2 is 1.81 bits per heavy atom. The third-order valence-electron chi connectivity index (χ3n) is 3.73. The van der Waals surface area contributed by atoms with Crippen LogP contribution in [0.3, 0.4) is 0 Å². The van der Waals surface area contributed by atoms with Crippen LogP contribution >= 0.6 is 39.1 Å². The van der Waals surface area contributed by atoms with Gasteiger partial charge in [-0.05, 0) is 65.2 Å². The maximum absolute atomic E-state index is 12.1. The summed E-state index contributed by atoms with van der Waals surface area (Å²) in [6, 6.07) is 8.49. The van der Waals surface area contributed by atoms with Crippen molar-refractivity contribution in [2.75, 3.05) is 6.61 Å². The number of hydrogen-bond donors (Lipinski definition) is 0. The molecule has 8 heteroatoms. The fourth-order valence-corrected chi connectivity index (χ4v) is 3.97. The Kier molecular flexibility index (Phi) is 5.75.